The summed E-state index contributed by atoms with van der Waals surface area (Å²) in [6, 6.07) is 8.82. The lowest BCUT2D eigenvalue weighted by Gasteiger charge is -2.16. The maximum absolute atomic E-state index is 6.13. The fourth-order valence-corrected chi connectivity index (χ4v) is 2.22. The smallest absolute Gasteiger partial charge is 0.151 e. The van der Waals surface area contributed by atoms with Crippen molar-refractivity contribution >= 4 is 40.6 Å². The Kier molecular flexibility index (Phi) is 4.27. The summed E-state index contributed by atoms with van der Waals surface area (Å²) in [6.45, 7) is 1.98. The van der Waals surface area contributed by atoms with Crippen LogP contribution in [-0.4, -0.2) is 10.2 Å². The number of anilines is 1. The van der Waals surface area contributed by atoms with Crippen LogP contribution in [0.5, 0.6) is 0 Å². The van der Waals surface area contributed by atoms with E-state index in [9.17, 15) is 0 Å². The lowest BCUT2D eigenvalue weighted by atomic mass is 10.1. The number of rotatable bonds is 3. The van der Waals surface area contributed by atoms with Crippen LogP contribution in [0.3, 0.4) is 0 Å². The Morgan fingerprint density at radius 1 is 1.06 bits per heavy atom. The zero-order valence-electron chi connectivity index (χ0n) is 9.49. The van der Waals surface area contributed by atoms with Crippen LogP contribution in [-0.2, 0) is 0 Å². The van der Waals surface area contributed by atoms with E-state index in [0.717, 1.165) is 5.56 Å². The van der Waals surface area contributed by atoms with E-state index < -0.39 is 0 Å². The van der Waals surface area contributed by atoms with Crippen LogP contribution >= 0.6 is 34.8 Å². The van der Waals surface area contributed by atoms with Gasteiger partial charge >= 0.3 is 0 Å². The van der Waals surface area contributed by atoms with Crippen LogP contribution < -0.4 is 5.32 Å². The molecule has 0 amide bonds. The summed E-state index contributed by atoms with van der Waals surface area (Å²) in [6.07, 6.45) is 0. The topological polar surface area (TPSA) is 37.8 Å². The summed E-state index contributed by atoms with van der Waals surface area (Å²) < 4.78 is 0. The minimum atomic E-state index is -0.00904. The van der Waals surface area contributed by atoms with E-state index in [1.54, 1.807) is 24.3 Å². The average Bonchev–Trinajstić information content (AvgIpc) is 2.32. The molecular weight excluding hydrogens is 293 g/mol. The monoisotopic (exact) mass is 301 g/mol. The fourth-order valence-electron chi connectivity index (χ4n) is 1.55. The van der Waals surface area contributed by atoms with Crippen molar-refractivity contribution < 1.29 is 0 Å². The number of nitrogens with zero attached hydrogens (tertiary/aromatic N) is 2. The summed E-state index contributed by atoms with van der Waals surface area (Å²) in [5.41, 5.74) is 0.942. The molecule has 1 atom stereocenters. The predicted molar refractivity (Wildman–Crippen MR) is 75.5 cm³/mol. The van der Waals surface area contributed by atoms with Crippen molar-refractivity contribution in [1.29, 1.82) is 0 Å². The van der Waals surface area contributed by atoms with Crippen molar-refractivity contribution in [1.82, 2.24) is 10.2 Å². The summed E-state index contributed by atoms with van der Waals surface area (Å²) in [4.78, 5) is 0. The Hall–Kier alpha value is -1.03. The summed E-state index contributed by atoms with van der Waals surface area (Å²) in [5.74, 6) is 0.637. The number of nitrogens with one attached hydrogen (secondary N) is 1. The molecule has 1 aromatic carbocycles. The largest absolute Gasteiger partial charge is 0.362 e. The second-order valence-electron chi connectivity index (χ2n) is 3.77. The molecule has 0 radical (unpaired) electrons. The third-order valence-electron chi connectivity index (χ3n) is 2.43. The molecule has 0 bridgehead atoms. The molecule has 18 heavy (non-hydrogen) atoms. The van der Waals surface area contributed by atoms with E-state index >= 15 is 0 Å². The number of hydrogen-bond donors (Lipinski definition) is 1. The van der Waals surface area contributed by atoms with E-state index in [2.05, 4.69) is 15.5 Å². The van der Waals surface area contributed by atoms with E-state index in [4.69, 9.17) is 34.8 Å². The number of hydrogen-bond acceptors (Lipinski definition) is 3. The Bertz CT molecular complexity index is 543. The van der Waals surface area contributed by atoms with Gasteiger partial charge in [-0.1, -0.05) is 40.9 Å². The second-order valence-corrected chi connectivity index (χ2v) is 5.00. The lowest BCUT2D eigenvalue weighted by molar-refractivity contribution is 0.861. The maximum Gasteiger partial charge on any atom is 0.151 e. The number of halogens is 3. The Morgan fingerprint density at radius 3 is 2.44 bits per heavy atom. The van der Waals surface area contributed by atoms with Crippen LogP contribution in [0.2, 0.25) is 15.2 Å². The van der Waals surface area contributed by atoms with Gasteiger partial charge in [0.25, 0.3) is 0 Å². The van der Waals surface area contributed by atoms with Crippen LogP contribution in [0, 0.1) is 0 Å². The highest BCUT2D eigenvalue weighted by molar-refractivity contribution is 6.35. The Labute approximate surface area is 120 Å². The molecule has 2 aromatic rings. The molecule has 1 N–H and O–H groups in total. The van der Waals surface area contributed by atoms with Crippen molar-refractivity contribution in [2.24, 2.45) is 0 Å². The number of benzene rings is 1. The average molecular weight is 303 g/mol. The van der Waals surface area contributed by atoms with E-state index in [0.29, 0.717) is 21.0 Å². The van der Waals surface area contributed by atoms with Crippen molar-refractivity contribution in [3.05, 3.63) is 51.1 Å². The molecule has 0 fully saturated rings. The van der Waals surface area contributed by atoms with Crippen LogP contribution in [0.1, 0.15) is 18.5 Å². The molecule has 0 spiro atoms. The third-order valence-corrected chi connectivity index (χ3v) is 3.19. The molecule has 0 aliphatic heterocycles. The van der Waals surface area contributed by atoms with Crippen LogP contribution in [0.25, 0.3) is 0 Å². The molecule has 1 aromatic heterocycles. The molecule has 0 aliphatic carbocycles. The molecule has 6 heteroatoms. The zero-order chi connectivity index (χ0) is 13.1. The van der Waals surface area contributed by atoms with Crippen molar-refractivity contribution in [2.45, 2.75) is 13.0 Å². The second kappa shape index (κ2) is 5.74. The first kappa shape index (κ1) is 13.4. The lowest BCUT2D eigenvalue weighted by Crippen LogP contribution is -2.08. The van der Waals surface area contributed by atoms with Gasteiger partial charge in [0.05, 0.1) is 6.04 Å². The van der Waals surface area contributed by atoms with E-state index in [1.807, 2.05) is 13.0 Å². The van der Waals surface area contributed by atoms with E-state index in [1.165, 1.54) is 0 Å². The molecular formula is C12H10Cl3N3. The van der Waals surface area contributed by atoms with Crippen molar-refractivity contribution in [2.75, 3.05) is 5.32 Å². The Balaban J connectivity index is 2.16. The molecule has 0 aliphatic rings. The van der Waals surface area contributed by atoms with Gasteiger partial charge in [-0.05, 0) is 36.8 Å². The molecule has 0 saturated carbocycles. The van der Waals surface area contributed by atoms with Gasteiger partial charge in [-0.25, -0.2) is 0 Å². The Morgan fingerprint density at radius 2 is 1.83 bits per heavy atom. The third kappa shape index (κ3) is 3.25. The first-order chi connectivity index (χ1) is 8.56. The number of aromatic nitrogens is 2. The predicted octanol–water partition coefficient (Wildman–Crippen LogP) is 4.61. The van der Waals surface area contributed by atoms with Gasteiger partial charge < -0.3 is 5.32 Å². The molecule has 1 unspecified atom stereocenters. The summed E-state index contributed by atoms with van der Waals surface area (Å²) in [7, 11) is 0. The first-order valence-corrected chi connectivity index (χ1v) is 6.40. The van der Waals surface area contributed by atoms with E-state index in [-0.39, 0.29) is 6.04 Å². The minimum absolute atomic E-state index is 0.00904. The normalized spacial score (nSPS) is 12.2. The molecule has 2 rings (SSSR count). The molecule has 94 valence electrons. The summed E-state index contributed by atoms with van der Waals surface area (Å²) >= 11 is 17.7. The minimum Gasteiger partial charge on any atom is -0.362 e. The SMILES string of the molecule is CC(Nc1ccc(Cl)nn1)c1ccc(Cl)cc1Cl. The van der Waals surface area contributed by atoms with Gasteiger partial charge in [-0.2, -0.15) is 0 Å². The molecule has 3 nitrogen and oxygen atoms in total. The van der Waals surface area contributed by atoms with Crippen molar-refractivity contribution in [3.63, 3.8) is 0 Å². The zero-order valence-corrected chi connectivity index (χ0v) is 11.8. The quantitative estimate of drug-likeness (QED) is 0.899. The van der Waals surface area contributed by atoms with Crippen LogP contribution in [0.15, 0.2) is 30.3 Å². The van der Waals surface area contributed by atoms with Gasteiger partial charge in [-0.3, -0.25) is 0 Å². The highest BCUT2D eigenvalue weighted by atomic mass is 35.5. The van der Waals surface area contributed by atoms with Crippen LogP contribution in [0.4, 0.5) is 5.82 Å². The van der Waals surface area contributed by atoms with Gasteiger partial charge in [0.15, 0.2) is 5.15 Å². The molecule has 1 heterocycles. The van der Waals surface area contributed by atoms with Gasteiger partial charge in [-0.15, -0.1) is 10.2 Å². The molecule has 0 saturated heterocycles. The first-order valence-electron chi connectivity index (χ1n) is 5.27. The van der Waals surface area contributed by atoms with Gasteiger partial charge in [0.1, 0.15) is 5.82 Å². The highest BCUT2D eigenvalue weighted by Gasteiger charge is 2.10. The maximum atomic E-state index is 6.13. The van der Waals surface area contributed by atoms with Gasteiger partial charge in [0.2, 0.25) is 0 Å². The van der Waals surface area contributed by atoms with Crippen molar-refractivity contribution in [3.8, 4) is 0 Å². The van der Waals surface area contributed by atoms with Gasteiger partial charge in [0, 0.05) is 10.0 Å². The summed E-state index contributed by atoms with van der Waals surface area (Å²) in [5, 5.41) is 12.5. The highest BCUT2D eigenvalue weighted by Crippen LogP contribution is 2.27. The fraction of sp³-hybridized carbons (Fsp3) is 0.167. The standard InChI is InChI=1S/C12H10Cl3N3/c1-7(9-3-2-8(13)6-10(9)14)16-12-5-4-11(15)17-18-12/h2-7H,1H3,(H,16,18).